The van der Waals surface area contributed by atoms with Crippen LogP contribution < -0.4 is 10.6 Å². The molecule has 2 rings (SSSR count). The van der Waals surface area contributed by atoms with Crippen LogP contribution in [0.4, 0.5) is 5.69 Å². The van der Waals surface area contributed by atoms with E-state index >= 15 is 0 Å². The van der Waals surface area contributed by atoms with Crippen LogP contribution in [0.15, 0.2) is 57.6 Å². The maximum absolute atomic E-state index is 8.99. The lowest BCUT2D eigenvalue weighted by atomic mass is 10.3. The molecule has 0 saturated carbocycles. The molecule has 1 aliphatic rings. The van der Waals surface area contributed by atoms with E-state index in [1.54, 1.807) is 11.8 Å². The minimum absolute atomic E-state index is 0.179. The molecule has 0 unspecified atom stereocenters. The number of morpholine rings is 1. The Hall–Kier alpha value is -1.32. The Morgan fingerprint density at radius 1 is 1.33 bits per heavy atom. The number of aliphatic imine (C=N–C) groups is 1. The zero-order valence-corrected chi connectivity index (χ0v) is 20.5. The van der Waals surface area contributed by atoms with Gasteiger partial charge in [-0.3, -0.25) is 4.90 Å². The summed E-state index contributed by atoms with van der Waals surface area (Å²) in [5, 5.41) is 15.8. The number of ether oxygens (including phenoxy) is 1. The third-order valence-electron chi connectivity index (χ3n) is 4.19. The topological polar surface area (TPSA) is 69.1 Å². The van der Waals surface area contributed by atoms with Gasteiger partial charge in [0.1, 0.15) is 11.7 Å². The van der Waals surface area contributed by atoms with Crippen LogP contribution in [0.2, 0.25) is 0 Å². The Morgan fingerprint density at radius 2 is 2.07 bits per heavy atom. The van der Waals surface area contributed by atoms with E-state index in [1.165, 1.54) is 0 Å². The van der Waals surface area contributed by atoms with Crippen LogP contribution in [0.1, 0.15) is 20.3 Å². The third kappa shape index (κ3) is 10.6. The van der Waals surface area contributed by atoms with Gasteiger partial charge in [-0.15, -0.1) is 24.9 Å². The van der Waals surface area contributed by atoms with Gasteiger partial charge < -0.3 is 20.5 Å². The van der Waals surface area contributed by atoms with E-state index in [2.05, 4.69) is 57.6 Å². The molecular weight excluding hydrogens is 464 g/mol. The van der Waals surface area contributed by atoms with Crippen molar-refractivity contribution < 1.29 is 9.84 Å². The van der Waals surface area contributed by atoms with E-state index in [4.69, 9.17) is 14.8 Å². The highest BCUT2D eigenvalue weighted by atomic mass is 79.9. The largest absolute Gasteiger partial charge is 0.396 e. The van der Waals surface area contributed by atoms with Gasteiger partial charge in [0, 0.05) is 47.0 Å². The van der Waals surface area contributed by atoms with Crippen molar-refractivity contribution in [1.29, 1.82) is 0 Å². The van der Waals surface area contributed by atoms with Gasteiger partial charge in [-0.05, 0) is 31.5 Å². The van der Waals surface area contributed by atoms with Crippen molar-refractivity contribution in [2.24, 2.45) is 4.99 Å². The Balaban J connectivity index is 0.00000218. The van der Waals surface area contributed by atoms with Crippen molar-refractivity contribution in [3.05, 3.63) is 47.7 Å². The number of allylic oxidation sites excluding steroid dienone is 1. The van der Waals surface area contributed by atoms with Crippen LogP contribution >= 0.6 is 27.7 Å². The van der Waals surface area contributed by atoms with Gasteiger partial charge in [0.05, 0.1) is 19.8 Å². The first-order chi connectivity index (χ1) is 14.6. The fourth-order valence-electron chi connectivity index (χ4n) is 2.75. The number of anilines is 1. The lowest BCUT2D eigenvalue weighted by Crippen LogP contribution is -2.40. The highest BCUT2D eigenvalue weighted by molar-refractivity contribution is 9.11. The number of halogens is 1. The van der Waals surface area contributed by atoms with Crippen molar-refractivity contribution in [2.75, 3.05) is 57.1 Å². The second-order valence-corrected chi connectivity index (χ2v) is 8.54. The van der Waals surface area contributed by atoms with Crippen LogP contribution in [0.5, 0.6) is 0 Å². The lowest BCUT2D eigenvalue weighted by molar-refractivity contribution is 0.0387. The van der Waals surface area contributed by atoms with Gasteiger partial charge in [0.25, 0.3) is 0 Å². The summed E-state index contributed by atoms with van der Waals surface area (Å²) in [5.41, 5.74) is 0.990. The summed E-state index contributed by atoms with van der Waals surface area (Å²) >= 11 is 5.28. The zero-order valence-electron chi connectivity index (χ0n) is 18.1. The van der Waals surface area contributed by atoms with Crippen molar-refractivity contribution in [2.45, 2.75) is 25.2 Å². The van der Waals surface area contributed by atoms with Crippen LogP contribution in [-0.2, 0) is 4.74 Å². The van der Waals surface area contributed by atoms with Crippen LogP contribution in [-0.4, -0.2) is 67.6 Å². The number of amidine groups is 1. The number of rotatable bonds is 10. The highest BCUT2D eigenvalue weighted by Crippen LogP contribution is 2.21. The first-order valence-electron chi connectivity index (χ1n) is 10.2. The van der Waals surface area contributed by atoms with E-state index in [1.807, 2.05) is 25.1 Å². The molecule has 1 aromatic rings. The Labute approximate surface area is 194 Å². The molecule has 168 valence electrons. The minimum atomic E-state index is 0.179. The predicted octanol–water partition coefficient (Wildman–Crippen LogP) is 4.30. The molecule has 0 amide bonds. The fraction of sp³-hybridized carbons (Fsp3) is 0.500. The number of hydrogen-bond acceptors (Lipinski definition) is 6. The normalized spacial score (nSPS) is 15.7. The van der Waals surface area contributed by atoms with E-state index < -0.39 is 0 Å². The van der Waals surface area contributed by atoms with Gasteiger partial charge in [-0.25, -0.2) is 4.99 Å². The molecule has 0 bridgehead atoms. The van der Waals surface area contributed by atoms with Crippen LogP contribution in [0.3, 0.4) is 0 Å². The van der Waals surface area contributed by atoms with Gasteiger partial charge >= 0.3 is 0 Å². The molecule has 1 fully saturated rings. The average molecular weight is 500 g/mol. The molecule has 1 saturated heterocycles. The minimum Gasteiger partial charge on any atom is -0.396 e. The number of nitrogens with zero attached hydrogens (tertiary/aromatic N) is 2. The number of benzene rings is 1. The van der Waals surface area contributed by atoms with Crippen LogP contribution in [0.25, 0.3) is 0 Å². The summed E-state index contributed by atoms with van der Waals surface area (Å²) in [4.78, 5) is 8.28. The first kappa shape index (κ1) is 26.7. The SMILES string of the molecule is C=C.CC/C(Br)=C(\N=C(/C)Nc1cccc(SCCO)c1)NCCN1CCOCC1. The molecule has 1 aliphatic heterocycles. The smallest absolute Gasteiger partial charge is 0.138 e. The number of aliphatic hydroxyl groups excluding tert-OH is 1. The molecule has 0 spiro atoms. The maximum atomic E-state index is 8.99. The molecule has 0 atom stereocenters. The van der Waals surface area contributed by atoms with Gasteiger partial charge in [-0.1, -0.05) is 28.9 Å². The van der Waals surface area contributed by atoms with E-state index in [0.29, 0.717) is 5.75 Å². The van der Waals surface area contributed by atoms with E-state index in [-0.39, 0.29) is 6.61 Å². The molecule has 6 nitrogen and oxygen atoms in total. The van der Waals surface area contributed by atoms with Crippen molar-refractivity contribution >= 4 is 39.2 Å². The summed E-state index contributed by atoms with van der Waals surface area (Å²) in [6, 6.07) is 8.15. The molecule has 30 heavy (non-hydrogen) atoms. The second kappa shape index (κ2) is 16.4. The number of hydrogen-bond donors (Lipinski definition) is 3. The number of aliphatic hydroxyl groups is 1. The van der Waals surface area contributed by atoms with E-state index in [0.717, 1.165) is 72.5 Å². The predicted molar refractivity (Wildman–Crippen MR) is 134 cm³/mol. The van der Waals surface area contributed by atoms with E-state index in [9.17, 15) is 0 Å². The summed E-state index contributed by atoms with van der Waals surface area (Å²) in [6.07, 6.45) is 0.879. The zero-order chi connectivity index (χ0) is 22.2. The molecule has 1 heterocycles. The second-order valence-electron chi connectivity index (χ2n) is 6.41. The molecule has 0 aliphatic carbocycles. The highest BCUT2D eigenvalue weighted by Gasteiger charge is 2.10. The number of thioether (sulfide) groups is 1. The molecule has 8 heteroatoms. The standard InChI is InChI=1S/C20H31BrN4O2S.C2H4/c1-3-19(21)20(22-7-8-25-9-12-27-13-10-25)24-16(2)23-17-5-4-6-18(15-17)28-14-11-26;1-2/h4-6,15,22,26H,3,7-14H2,1-2H3,(H,23,24);1-2H2/b20-19+;. The summed E-state index contributed by atoms with van der Waals surface area (Å²) in [7, 11) is 0. The third-order valence-corrected chi connectivity index (χ3v) is 6.10. The quantitative estimate of drug-likeness (QED) is 0.193. The Bertz CT molecular complexity index is 679. The Morgan fingerprint density at radius 3 is 2.73 bits per heavy atom. The first-order valence-corrected chi connectivity index (χ1v) is 12.0. The lowest BCUT2D eigenvalue weighted by Gasteiger charge is -2.26. The summed E-state index contributed by atoms with van der Waals surface area (Å²) in [5.74, 6) is 2.38. The van der Waals surface area contributed by atoms with Gasteiger partial charge in [0.2, 0.25) is 0 Å². The molecular formula is C22H35BrN4O2S. The van der Waals surface area contributed by atoms with Crippen LogP contribution in [0, 0.1) is 0 Å². The summed E-state index contributed by atoms with van der Waals surface area (Å²) in [6.45, 7) is 15.7. The van der Waals surface area contributed by atoms with Gasteiger partial charge in [0.15, 0.2) is 0 Å². The fourth-order valence-corrected chi connectivity index (χ4v) is 3.69. The molecule has 1 aromatic carbocycles. The van der Waals surface area contributed by atoms with Crippen molar-refractivity contribution in [3.8, 4) is 0 Å². The monoisotopic (exact) mass is 498 g/mol. The van der Waals surface area contributed by atoms with Gasteiger partial charge in [-0.2, -0.15) is 0 Å². The van der Waals surface area contributed by atoms with Crippen molar-refractivity contribution in [3.63, 3.8) is 0 Å². The molecule has 3 N–H and O–H groups in total. The number of nitrogens with one attached hydrogen (secondary N) is 2. The average Bonchev–Trinajstić information content (AvgIpc) is 2.78. The maximum Gasteiger partial charge on any atom is 0.138 e. The Kier molecular flexibility index (Phi) is 14.6. The molecule has 0 radical (unpaired) electrons. The van der Waals surface area contributed by atoms with Crippen molar-refractivity contribution in [1.82, 2.24) is 10.2 Å². The summed E-state index contributed by atoms with van der Waals surface area (Å²) < 4.78 is 6.46. The molecule has 0 aromatic heterocycles.